The first-order valence-electron chi connectivity index (χ1n) is 15.4. The molecular formula is C42H30N2. The van der Waals surface area contributed by atoms with E-state index < -0.39 is 0 Å². The van der Waals surface area contributed by atoms with Gasteiger partial charge in [0.05, 0.1) is 17.1 Å². The van der Waals surface area contributed by atoms with Crippen molar-refractivity contribution in [2.75, 3.05) is 4.90 Å². The van der Waals surface area contributed by atoms with E-state index >= 15 is 0 Å². The van der Waals surface area contributed by atoms with Crippen molar-refractivity contribution in [2.24, 2.45) is 0 Å². The Morgan fingerprint density at radius 1 is 0.500 bits per heavy atom. The fourth-order valence-corrected chi connectivity index (χ4v) is 7.40. The number of allylic oxidation sites excluding steroid dienone is 2. The van der Waals surface area contributed by atoms with Gasteiger partial charge in [0.15, 0.2) is 0 Å². The summed E-state index contributed by atoms with van der Waals surface area (Å²) in [6.45, 7) is 0. The molecule has 2 unspecified atom stereocenters. The summed E-state index contributed by atoms with van der Waals surface area (Å²) in [4.78, 5) is 2.49. The van der Waals surface area contributed by atoms with Crippen molar-refractivity contribution in [2.45, 2.75) is 12.0 Å². The van der Waals surface area contributed by atoms with Crippen molar-refractivity contribution in [3.05, 3.63) is 181 Å². The minimum Gasteiger partial charge on any atom is -0.333 e. The van der Waals surface area contributed by atoms with Crippen molar-refractivity contribution in [1.29, 1.82) is 0 Å². The predicted molar refractivity (Wildman–Crippen MR) is 185 cm³/mol. The molecule has 208 valence electrons. The number of hydrogen-bond donors (Lipinski definition) is 0. The molecule has 2 heterocycles. The Balaban J connectivity index is 1.17. The number of nitrogens with zero attached hydrogens (tertiary/aromatic N) is 2. The number of para-hydroxylation sites is 4. The molecule has 1 aliphatic carbocycles. The zero-order chi connectivity index (χ0) is 29.0. The lowest BCUT2D eigenvalue weighted by atomic mass is 9.84. The van der Waals surface area contributed by atoms with Gasteiger partial charge in [0.25, 0.3) is 0 Å². The van der Waals surface area contributed by atoms with Crippen molar-refractivity contribution in [3.8, 4) is 16.8 Å². The molecule has 0 bridgehead atoms. The molecule has 0 radical (unpaired) electrons. The second kappa shape index (κ2) is 10.00. The smallest absolute Gasteiger partial charge is 0.0630 e. The van der Waals surface area contributed by atoms with Crippen LogP contribution in [0, 0.1) is 0 Å². The van der Waals surface area contributed by atoms with E-state index in [0.29, 0.717) is 0 Å². The first-order chi connectivity index (χ1) is 21.8. The van der Waals surface area contributed by atoms with Crippen LogP contribution in [0.15, 0.2) is 170 Å². The van der Waals surface area contributed by atoms with Gasteiger partial charge in [-0.2, -0.15) is 0 Å². The Morgan fingerprint density at radius 3 is 2.00 bits per heavy atom. The number of anilines is 2. The van der Waals surface area contributed by atoms with Crippen LogP contribution in [0.5, 0.6) is 0 Å². The monoisotopic (exact) mass is 562 g/mol. The molecule has 6 aromatic carbocycles. The topological polar surface area (TPSA) is 8.17 Å². The third kappa shape index (κ3) is 3.81. The molecule has 7 aromatic rings. The van der Waals surface area contributed by atoms with Crippen molar-refractivity contribution < 1.29 is 0 Å². The molecule has 0 fully saturated rings. The fraction of sp³-hybridized carbons (Fsp3) is 0.0476. The highest BCUT2D eigenvalue weighted by molar-refractivity contribution is 6.10. The first kappa shape index (κ1) is 24.9. The van der Waals surface area contributed by atoms with Gasteiger partial charge in [-0.25, -0.2) is 0 Å². The molecule has 0 N–H and O–H groups in total. The summed E-state index contributed by atoms with van der Waals surface area (Å²) in [6, 6.07) is 55.2. The van der Waals surface area contributed by atoms with Gasteiger partial charge in [-0.1, -0.05) is 121 Å². The van der Waals surface area contributed by atoms with Crippen LogP contribution in [-0.4, -0.2) is 10.6 Å². The summed E-state index contributed by atoms with van der Waals surface area (Å²) < 4.78 is 2.38. The number of hydrogen-bond acceptors (Lipinski definition) is 1. The average Bonchev–Trinajstić information content (AvgIpc) is 3.61. The summed E-state index contributed by atoms with van der Waals surface area (Å²) in [7, 11) is 0. The van der Waals surface area contributed by atoms with Gasteiger partial charge in [-0.3, -0.25) is 0 Å². The third-order valence-electron chi connectivity index (χ3n) is 9.32. The van der Waals surface area contributed by atoms with Gasteiger partial charge in [0.2, 0.25) is 0 Å². The largest absolute Gasteiger partial charge is 0.333 e. The molecule has 2 heteroatoms. The quantitative estimate of drug-likeness (QED) is 0.207. The van der Waals surface area contributed by atoms with Crippen molar-refractivity contribution in [1.82, 2.24) is 4.57 Å². The summed E-state index contributed by atoms with van der Waals surface area (Å²) in [5.41, 5.74) is 12.6. The van der Waals surface area contributed by atoms with Gasteiger partial charge in [-0.15, -0.1) is 0 Å². The summed E-state index contributed by atoms with van der Waals surface area (Å²) >= 11 is 0. The third-order valence-corrected chi connectivity index (χ3v) is 9.32. The molecule has 0 saturated carbocycles. The predicted octanol–water partition coefficient (Wildman–Crippen LogP) is 10.7. The van der Waals surface area contributed by atoms with E-state index in [1.807, 2.05) is 0 Å². The fourth-order valence-electron chi connectivity index (χ4n) is 7.40. The maximum atomic E-state index is 2.49. The molecule has 1 aromatic heterocycles. The molecule has 2 aliphatic rings. The number of fused-ring (bicyclic) bond motifs is 6. The summed E-state index contributed by atoms with van der Waals surface area (Å²) in [6.07, 6.45) is 7.23. The second-order valence-electron chi connectivity index (χ2n) is 11.7. The van der Waals surface area contributed by atoms with Gasteiger partial charge >= 0.3 is 0 Å². The molecule has 0 saturated heterocycles. The molecule has 1 aliphatic heterocycles. The minimum atomic E-state index is 0.256. The number of aromatic nitrogens is 1. The van der Waals surface area contributed by atoms with Crippen molar-refractivity contribution >= 4 is 38.8 Å². The molecule has 44 heavy (non-hydrogen) atoms. The Labute approximate surface area is 257 Å². The van der Waals surface area contributed by atoms with E-state index in [1.54, 1.807) is 0 Å². The van der Waals surface area contributed by atoms with Gasteiger partial charge < -0.3 is 9.47 Å². The summed E-state index contributed by atoms with van der Waals surface area (Å²) in [5.74, 6) is 0.283. The van der Waals surface area contributed by atoms with Crippen LogP contribution in [-0.2, 0) is 0 Å². The number of rotatable bonds is 4. The van der Waals surface area contributed by atoms with Crippen LogP contribution in [0.2, 0.25) is 0 Å². The van der Waals surface area contributed by atoms with E-state index in [1.165, 1.54) is 66.7 Å². The molecular weight excluding hydrogens is 532 g/mol. The standard InChI is InChI=1S/C42H30N2/c1-3-13-31(14-4-1)43-39-21-11-9-19-35(39)37-27-29(23-25-41(37)43)33-17-7-8-18-34(33)30-24-26-42-38(28-30)36-20-10-12-22-40(36)44(42)32-15-5-2-6-16-32/h1-28,37,41H. The van der Waals surface area contributed by atoms with Crippen LogP contribution in [0.1, 0.15) is 17.0 Å². The van der Waals surface area contributed by atoms with Crippen LogP contribution in [0.3, 0.4) is 0 Å². The Kier molecular flexibility index (Phi) is 5.67. The molecule has 0 spiro atoms. The Bertz CT molecular complexity index is 2240. The highest BCUT2D eigenvalue weighted by atomic mass is 15.2. The van der Waals surface area contributed by atoms with E-state index in [0.717, 1.165) is 0 Å². The lowest BCUT2D eigenvalue weighted by Gasteiger charge is -2.30. The van der Waals surface area contributed by atoms with Crippen molar-refractivity contribution in [3.63, 3.8) is 0 Å². The average molecular weight is 563 g/mol. The number of benzene rings is 6. The maximum Gasteiger partial charge on any atom is 0.0630 e. The van der Waals surface area contributed by atoms with Crippen LogP contribution < -0.4 is 4.90 Å². The van der Waals surface area contributed by atoms with E-state index in [2.05, 4.69) is 179 Å². The zero-order valence-electron chi connectivity index (χ0n) is 24.2. The highest BCUT2D eigenvalue weighted by Crippen LogP contribution is 2.49. The maximum absolute atomic E-state index is 2.49. The molecule has 0 amide bonds. The first-order valence-corrected chi connectivity index (χ1v) is 15.4. The van der Waals surface area contributed by atoms with Crippen LogP contribution in [0.4, 0.5) is 11.4 Å². The second-order valence-corrected chi connectivity index (χ2v) is 11.7. The normalized spacial score (nSPS) is 17.1. The van der Waals surface area contributed by atoms with Gasteiger partial charge in [0, 0.05) is 33.8 Å². The SMILES string of the molecule is C1=CC2C(C=C1c1ccccc1-c1ccc3c(c1)c1ccccc1n3-c1ccccc1)c1ccccc1N2c1ccccc1. The Hall–Kier alpha value is -5.60. The molecule has 9 rings (SSSR count). The van der Waals surface area contributed by atoms with Gasteiger partial charge in [0.1, 0.15) is 0 Å². The van der Waals surface area contributed by atoms with Gasteiger partial charge in [-0.05, 0) is 76.4 Å². The molecule has 2 nitrogen and oxygen atoms in total. The van der Waals surface area contributed by atoms with E-state index in [9.17, 15) is 0 Å². The van der Waals surface area contributed by atoms with E-state index in [4.69, 9.17) is 0 Å². The molecule has 2 atom stereocenters. The lowest BCUT2D eigenvalue weighted by Crippen LogP contribution is -2.28. The highest BCUT2D eigenvalue weighted by Gasteiger charge is 2.38. The lowest BCUT2D eigenvalue weighted by molar-refractivity contribution is 0.747. The summed E-state index contributed by atoms with van der Waals surface area (Å²) in [5, 5.41) is 2.54. The Morgan fingerprint density at radius 2 is 1.16 bits per heavy atom. The van der Waals surface area contributed by atoms with Crippen LogP contribution >= 0.6 is 0 Å². The van der Waals surface area contributed by atoms with E-state index in [-0.39, 0.29) is 12.0 Å². The zero-order valence-corrected chi connectivity index (χ0v) is 24.2. The van der Waals surface area contributed by atoms with Crippen LogP contribution in [0.25, 0.3) is 44.2 Å². The minimum absolute atomic E-state index is 0.256.